The number of rotatable bonds is 4. The predicted molar refractivity (Wildman–Crippen MR) is 81.4 cm³/mol. The van der Waals surface area contributed by atoms with Crippen LogP contribution in [0.3, 0.4) is 0 Å². The Kier molecular flexibility index (Phi) is 4.10. The first kappa shape index (κ1) is 14.3. The SMILES string of the molecule is O=C(NCC1(O)CCCC1)c1cccnc1N1CCCC1. The number of anilines is 1. The number of amides is 1. The van der Waals surface area contributed by atoms with Crippen molar-refractivity contribution >= 4 is 11.7 Å². The van der Waals surface area contributed by atoms with Gasteiger partial charge in [0, 0.05) is 25.8 Å². The molecule has 5 nitrogen and oxygen atoms in total. The molecule has 1 saturated carbocycles. The number of aromatic nitrogens is 1. The molecule has 0 atom stereocenters. The third-order valence-electron chi connectivity index (χ3n) is 4.55. The zero-order valence-electron chi connectivity index (χ0n) is 12.3. The van der Waals surface area contributed by atoms with E-state index in [0.29, 0.717) is 12.1 Å². The molecule has 0 unspecified atom stereocenters. The zero-order chi connectivity index (χ0) is 14.7. The number of hydrogen-bond donors (Lipinski definition) is 2. The van der Waals surface area contributed by atoms with Crippen LogP contribution in [-0.2, 0) is 0 Å². The van der Waals surface area contributed by atoms with Crippen molar-refractivity contribution in [1.29, 1.82) is 0 Å². The van der Waals surface area contributed by atoms with Gasteiger partial charge in [-0.1, -0.05) is 12.8 Å². The van der Waals surface area contributed by atoms with Crippen LogP contribution in [0, 0.1) is 0 Å². The molecule has 1 amide bonds. The van der Waals surface area contributed by atoms with Crippen molar-refractivity contribution in [1.82, 2.24) is 10.3 Å². The van der Waals surface area contributed by atoms with Gasteiger partial charge < -0.3 is 15.3 Å². The Bertz CT molecular complexity index is 506. The van der Waals surface area contributed by atoms with E-state index >= 15 is 0 Å². The highest BCUT2D eigenvalue weighted by Gasteiger charge is 2.31. The Hall–Kier alpha value is -1.62. The Balaban J connectivity index is 1.69. The van der Waals surface area contributed by atoms with Crippen LogP contribution in [0.2, 0.25) is 0 Å². The van der Waals surface area contributed by atoms with E-state index in [1.54, 1.807) is 12.3 Å². The molecule has 1 aliphatic heterocycles. The third-order valence-corrected chi connectivity index (χ3v) is 4.55. The monoisotopic (exact) mass is 289 g/mol. The molecule has 3 rings (SSSR count). The van der Waals surface area contributed by atoms with E-state index in [-0.39, 0.29) is 5.91 Å². The highest BCUT2D eigenvalue weighted by atomic mass is 16.3. The van der Waals surface area contributed by atoms with Crippen molar-refractivity contribution in [3.63, 3.8) is 0 Å². The molecule has 21 heavy (non-hydrogen) atoms. The summed E-state index contributed by atoms with van der Waals surface area (Å²) in [6.45, 7) is 2.25. The van der Waals surface area contributed by atoms with E-state index < -0.39 is 5.60 Å². The van der Waals surface area contributed by atoms with Crippen LogP contribution >= 0.6 is 0 Å². The fourth-order valence-electron chi connectivity index (χ4n) is 3.31. The molecule has 2 N–H and O–H groups in total. The first-order valence-corrected chi connectivity index (χ1v) is 7.89. The molecule has 1 aliphatic carbocycles. The molecule has 114 valence electrons. The van der Waals surface area contributed by atoms with Crippen LogP contribution in [0.1, 0.15) is 48.9 Å². The van der Waals surface area contributed by atoms with Gasteiger partial charge in [0.25, 0.3) is 5.91 Å². The summed E-state index contributed by atoms with van der Waals surface area (Å²) in [5, 5.41) is 13.2. The average Bonchev–Trinajstić information content (AvgIpc) is 3.17. The Morgan fingerprint density at radius 3 is 2.71 bits per heavy atom. The van der Waals surface area contributed by atoms with Gasteiger partial charge in [-0.25, -0.2) is 4.98 Å². The van der Waals surface area contributed by atoms with E-state index in [0.717, 1.165) is 57.4 Å². The highest BCUT2D eigenvalue weighted by Crippen LogP contribution is 2.29. The lowest BCUT2D eigenvalue weighted by Crippen LogP contribution is -2.41. The van der Waals surface area contributed by atoms with E-state index in [4.69, 9.17) is 0 Å². The van der Waals surface area contributed by atoms with E-state index in [2.05, 4.69) is 15.2 Å². The smallest absolute Gasteiger partial charge is 0.255 e. The van der Waals surface area contributed by atoms with Gasteiger partial charge in [-0.05, 0) is 37.8 Å². The Morgan fingerprint density at radius 2 is 2.00 bits per heavy atom. The Labute approximate surface area is 125 Å². The number of nitrogens with one attached hydrogen (secondary N) is 1. The molecule has 0 spiro atoms. The van der Waals surface area contributed by atoms with E-state index in [1.807, 2.05) is 6.07 Å². The lowest BCUT2D eigenvalue weighted by molar-refractivity contribution is 0.0449. The number of carbonyl (C=O) groups is 1. The maximum absolute atomic E-state index is 12.4. The molecule has 2 fully saturated rings. The van der Waals surface area contributed by atoms with Crippen molar-refractivity contribution < 1.29 is 9.90 Å². The maximum atomic E-state index is 12.4. The largest absolute Gasteiger partial charge is 0.388 e. The minimum atomic E-state index is -0.717. The van der Waals surface area contributed by atoms with Crippen molar-refractivity contribution in [2.75, 3.05) is 24.5 Å². The molecule has 0 radical (unpaired) electrons. The van der Waals surface area contributed by atoms with Crippen LogP contribution < -0.4 is 10.2 Å². The number of hydrogen-bond acceptors (Lipinski definition) is 4. The number of pyridine rings is 1. The molecule has 1 aromatic heterocycles. The molecular formula is C16H23N3O2. The molecule has 5 heteroatoms. The quantitative estimate of drug-likeness (QED) is 0.886. The van der Waals surface area contributed by atoms with Crippen LogP contribution in [0.25, 0.3) is 0 Å². The van der Waals surface area contributed by atoms with Crippen LogP contribution in [0.5, 0.6) is 0 Å². The number of nitrogens with zero attached hydrogens (tertiary/aromatic N) is 2. The summed E-state index contributed by atoms with van der Waals surface area (Å²) >= 11 is 0. The van der Waals surface area contributed by atoms with Crippen LogP contribution in [-0.4, -0.2) is 41.2 Å². The van der Waals surface area contributed by atoms with Gasteiger partial charge in [0.1, 0.15) is 5.82 Å². The molecular weight excluding hydrogens is 266 g/mol. The minimum Gasteiger partial charge on any atom is -0.388 e. The van der Waals surface area contributed by atoms with Crippen molar-refractivity contribution in [2.24, 2.45) is 0 Å². The zero-order valence-corrected chi connectivity index (χ0v) is 12.3. The predicted octanol–water partition coefficient (Wildman–Crippen LogP) is 1.72. The molecule has 0 aromatic carbocycles. The number of carbonyl (C=O) groups excluding carboxylic acids is 1. The maximum Gasteiger partial charge on any atom is 0.255 e. The van der Waals surface area contributed by atoms with E-state index in [9.17, 15) is 9.90 Å². The first-order chi connectivity index (χ1) is 10.2. The first-order valence-electron chi connectivity index (χ1n) is 7.89. The summed E-state index contributed by atoms with van der Waals surface area (Å²) in [5.41, 5.74) is -0.105. The highest BCUT2D eigenvalue weighted by molar-refractivity contribution is 5.98. The fraction of sp³-hybridized carbons (Fsp3) is 0.625. The fourth-order valence-corrected chi connectivity index (χ4v) is 3.31. The van der Waals surface area contributed by atoms with Gasteiger partial charge in [-0.2, -0.15) is 0 Å². The summed E-state index contributed by atoms with van der Waals surface area (Å²) in [6, 6.07) is 3.60. The molecule has 0 bridgehead atoms. The summed E-state index contributed by atoms with van der Waals surface area (Å²) in [7, 11) is 0. The van der Waals surface area contributed by atoms with Crippen molar-refractivity contribution in [2.45, 2.75) is 44.1 Å². The lowest BCUT2D eigenvalue weighted by atomic mass is 10.0. The normalized spacial score (nSPS) is 20.7. The molecule has 2 aliphatic rings. The summed E-state index contributed by atoms with van der Waals surface area (Å²) < 4.78 is 0. The second kappa shape index (κ2) is 6.02. The van der Waals surface area contributed by atoms with Crippen molar-refractivity contribution in [3.8, 4) is 0 Å². The van der Waals surface area contributed by atoms with Gasteiger partial charge >= 0.3 is 0 Å². The minimum absolute atomic E-state index is 0.134. The van der Waals surface area contributed by atoms with Gasteiger partial charge in [0.05, 0.1) is 11.2 Å². The standard InChI is InChI=1S/C16H23N3O2/c20-15(18-12-16(21)7-1-2-8-16)13-6-5-9-17-14(13)19-10-3-4-11-19/h5-6,9,21H,1-4,7-8,10-12H2,(H,18,20). The third kappa shape index (κ3) is 3.18. The van der Waals surface area contributed by atoms with Crippen molar-refractivity contribution in [3.05, 3.63) is 23.9 Å². The second-order valence-corrected chi connectivity index (χ2v) is 6.18. The summed E-state index contributed by atoms with van der Waals surface area (Å²) in [4.78, 5) is 19.0. The van der Waals surface area contributed by atoms with Gasteiger partial charge in [0.15, 0.2) is 0 Å². The topological polar surface area (TPSA) is 65.5 Å². The molecule has 1 saturated heterocycles. The van der Waals surface area contributed by atoms with Gasteiger partial charge in [-0.15, -0.1) is 0 Å². The van der Waals surface area contributed by atoms with E-state index in [1.165, 1.54) is 0 Å². The summed E-state index contributed by atoms with van der Waals surface area (Å²) in [6.07, 6.45) is 7.67. The summed E-state index contributed by atoms with van der Waals surface area (Å²) in [5.74, 6) is 0.635. The lowest BCUT2D eigenvalue weighted by Gasteiger charge is -2.23. The van der Waals surface area contributed by atoms with Gasteiger partial charge in [-0.3, -0.25) is 4.79 Å². The Morgan fingerprint density at radius 1 is 1.29 bits per heavy atom. The van der Waals surface area contributed by atoms with Gasteiger partial charge in [0.2, 0.25) is 0 Å². The van der Waals surface area contributed by atoms with Crippen LogP contribution in [0.4, 0.5) is 5.82 Å². The second-order valence-electron chi connectivity index (χ2n) is 6.18. The van der Waals surface area contributed by atoms with Crippen LogP contribution in [0.15, 0.2) is 18.3 Å². The molecule has 1 aromatic rings. The number of aliphatic hydroxyl groups is 1. The average molecular weight is 289 g/mol. The molecule has 2 heterocycles.